The van der Waals surface area contributed by atoms with Crippen LogP contribution in [0.5, 0.6) is 0 Å². The molecule has 3 N–H and O–H groups in total. The summed E-state index contributed by atoms with van der Waals surface area (Å²) in [5, 5.41) is 13.6. The molecule has 0 aromatic carbocycles. The summed E-state index contributed by atoms with van der Waals surface area (Å²) in [6, 6.07) is 0. The third-order valence-electron chi connectivity index (χ3n) is 0. The first-order chi connectivity index (χ1) is 1.73. The summed E-state index contributed by atoms with van der Waals surface area (Å²) in [7, 11) is 0. The summed E-state index contributed by atoms with van der Waals surface area (Å²) in [6.07, 6.45) is 0. The van der Waals surface area contributed by atoms with Crippen LogP contribution in [-0.4, -0.2) is 21.2 Å². The molecule has 0 unspecified atom stereocenters. The van der Waals surface area contributed by atoms with Crippen LogP contribution in [0.15, 0.2) is 0 Å². The fourth-order valence-electron chi connectivity index (χ4n) is 0. The summed E-state index contributed by atoms with van der Waals surface area (Å²) in [5.74, 6) is 0. The van der Waals surface area contributed by atoms with Crippen LogP contribution in [0, 0.1) is 51.0 Å². The predicted octanol–water partition coefficient (Wildman–Crippen LogP) is -0.701. The van der Waals surface area contributed by atoms with Gasteiger partial charge >= 0.3 is 40.8 Å². The molecule has 7 heavy (non-hydrogen) atoms. The van der Waals surface area contributed by atoms with Crippen molar-refractivity contribution in [3.05, 3.63) is 10.1 Å². The number of hydrogen-bond acceptors (Lipinski definition) is 4. The topological polar surface area (TPSA) is 123 Å². The van der Waals surface area contributed by atoms with E-state index in [1.807, 2.05) is 0 Å². The van der Waals surface area contributed by atoms with Gasteiger partial charge < -0.3 is 16.2 Å². The molecule has 0 aliphatic heterocycles. The van der Waals surface area contributed by atoms with Crippen LogP contribution in [-0.2, 0) is 0 Å². The van der Waals surface area contributed by atoms with E-state index in [-0.39, 0.29) is 51.8 Å². The van der Waals surface area contributed by atoms with Crippen LogP contribution in [0.3, 0.4) is 0 Å². The summed E-state index contributed by atoms with van der Waals surface area (Å²) in [5.41, 5.74) is 0. The average Bonchev–Trinajstić information content (AvgIpc) is 0.811. The molecule has 0 aromatic heterocycles. The van der Waals surface area contributed by atoms with Crippen LogP contribution in [0.25, 0.3) is 0 Å². The van der Waals surface area contributed by atoms with Crippen molar-refractivity contribution in [3.63, 3.8) is 0 Å². The Morgan fingerprint density at radius 3 is 1.43 bits per heavy atom. The molecule has 0 aliphatic carbocycles. The van der Waals surface area contributed by atoms with Crippen LogP contribution >= 0.6 is 0 Å². The first-order valence-electron chi connectivity index (χ1n) is 0.565. The van der Waals surface area contributed by atoms with Crippen molar-refractivity contribution in [2.45, 2.75) is 0 Å². The molecule has 0 aliphatic rings. The predicted molar refractivity (Wildman–Crippen MR) is 12.7 cm³/mol. The van der Waals surface area contributed by atoms with E-state index in [0.717, 1.165) is 0 Å². The molecular weight excluding hydrogens is 238 g/mol. The van der Waals surface area contributed by atoms with E-state index in [4.69, 9.17) is 15.3 Å². The first kappa shape index (κ1) is 26.0. The summed E-state index contributed by atoms with van der Waals surface area (Å²) in [6.45, 7) is 0. The van der Waals surface area contributed by atoms with Gasteiger partial charge in [-0.1, -0.05) is 0 Å². The van der Waals surface area contributed by atoms with Crippen molar-refractivity contribution in [1.82, 2.24) is 0 Å². The minimum atomic E-state index is -1.50. The van der Waals surface area contributed by atoms with Crippen molar-refractivity contribution in [2.75, 3.05) is 0 Å². The van der Waals surface area contributed by atoms with Crippen LogP contribution in [0.2, 0.25) is 0 Å². The Balaban J connectivity index is -0.0000000150. The van der Waals surface area contributed by atoms with Crippen molar-refractivity contribution in [1.29, 1.82) is 0 Å². The van der Waals surface area contributed by atoms with Gasteiger partial charge in [0.25, 0.3) is 5.09 Å². The number of hydrogen-bond donors (Lipinski definition) is 1. The van der Waals surface area contributed by atoms with Gasteiger partial charge in [-0.2, -0.15) is 0 Å². The number of rotatable bonds is 0. The van der Waals surface area contributed by atoms with Crippen molar-refractivity contribution < 1.29 is 62.1 Å². The standard InChI is InChI=1S/HNO3.Nd.2H2O/c2-1(3)4;;;/h(H,2,3,4);;2*1H2/q;+3;;/p-2. The molecule has 41 valence electrons. The molecule has 0 atom stereocenters. The molecular formula is H3NNdO5+. The van der Waals surface area contributed by atoms with Gasteiger partial charge in [-0.25, -0.2) is 0 Å². The third kappa shape index (κ3) is 584. The zero-order chi connectivity index (χ0) is 3.58. The maximum atomic E-state index is 8.36. The molecule has 6 nitrogen and oxygen atoms in total. The molecule has 0 saturated carbocycles. The van der Waals surface area contributed by atoms with Gasteiger partial charge in [0.1, 0.15) is 0 Å². The van der Waals surface area contributed by atoms with Crippen LogP contribution in [0.1, 0.15) is 0 Å². The maximum Gasteiger partial charge on any atom is 3.00 e. The Morgan fingerprint density at radius 1 is 1.43 bits per heavy atom. The molecule has 1 radical (unpaired) electrons. The molecule has 0 saturated heterocycles. The Morgan fingerprint density at radius 2 is 1.43 bits per heavy atom. The fourth-order valence-corrected chi connectivity index (χ4v) is 0. The van der Waals surface area contributed by atoms with Crippen molar-refractivity contribution in [3.8, 4) is 0 Å². The molecule has 0 bridgehead atoms. The minimum absolute atomic E-state index is 0. The van der Waals surface area contributed by atoms with E-state index in [0.29, 0.717) is 0 Å². The smallest absolute Gasteiger partial charge is 0.870 e. The molecule has 7 heteroatoms. The largest absolute Gasteiger partial charge is 3.00 e. The maximum absolute atomic E-state index is 8.36. The van der Waals surface area contributed by atoms with Gasteiger partial charge in [-0.3, -0.25) is 0 Å². The molecule has 0 amide bonds. The zero-order valence-electron chi connectivity index (χ0n) is 3.11. The Bertz CT molecular complexity index is 31.1. The average molecular weight is 241 g/mol. The van der Waals surface area contributed by atoms with E-state index in [1.165, 1.54) is 0 Å². The van der Waals surface area contributed by atoms with Gasteiger partial charge in [0.2, 0.25) is 0 Å². The molecule has 0 fully saturated rings. The van der Waals surface area contributed by atoms with Gasteiger partial charge in [0.15, 0.2) is 0 Å². The molecule has 0 spiro atoms. The monoisotopic (exact) mass is 239 g/mol. The quantitative estimate of drug-likeness (QED) is 0.443. The Kier molecular flexibility index (Phi) is 59.6. The van der Waals surface area contributed by atoms with Gasteiger partial charge in [-0.05, 0) is 0 Å². The normalized spacial score (nSPS) is 3.43. The molecule has 0 heterocycles. The first-order valence-corrected chi connectivity index (χ1v) is 0.565. The van der Waals surface area contributed by atoms with E-state index < -0.39 is 5.09 Å². The Labute approximate surface area is 71.8 Å². The SMILES string of the molecule is O=[N+]([O-])O.[Nd+3].[OH-].[OH-]. The second kappa shape index (κ2) is 16.1. The fraction of sp³-hybridized carbons (Fsp3) is 0. The third-order valence-corrected chi connectivity index (χ3v) is 0. The summed E-state index contributed by atoms with van der Waals surface area (Å²) < 4.78 is 0. The van der Waals surface area contributed by atoms with E-state index in [1.54, 1.807) is 0 Å². The van der Waals surface area contributed by atoms with Crippen molar-refractivity contribution >= 4 is 0 Å². The van der Waals surface area contributed by atoms with Crippen molar-refractivity contribution in [2.24, 2.45) is 0 Å². The van der Waals surface area contributed by atoms with Gasteiger partial charge in [-0.15, -0.1) is 10.1 Å². The van der Waals surface area contributed by atoms with Gasteiger partial charge in [0.05, 0.1) is 0 Å². The minimum Gasteiger partial charge on any atom is -0.870 e. The van der Waals surface area contributed by atoms with E-state index in [9.17, 15) is 0 Å². The summed E-state index contributed by atoms with van der Waals surface area (Å²) >= 11 is 0. The van der Waals surface area contributed by atoms with Gasteiger partial charge in [0, 0.05) is 0 Å². The molecule has 0 aromatic rings. The second-order valence-corrected chi connectivity index (χ2v) is 0.238. The number of nitrogens with zero attached hydrogens (tertiary/aromatic N) is 1. The zero-order valence-corrected chi connectivity index (χ0v) is 6.31. The Hall–Kier alpha value is 0.471. The van der Waals surface area contributed by atoms with Crippen LogP contribution < -0.4 is 0 Å². The van der Waals surface area contributed by atoms with E-state index in [2.05, 4.69) is 0 Å². The molecule has 0 rings (SSSR count). The van der Waals surface area contributed by atoms with E-state index >= 15 is 0 Å². The second-order valence-electron chi connectivity index (χ2n) is 0.238. The van der Waals surface area contributed by atoms with Crippen LogP contribution in [0.4, 0.5) is 0 Å². The summed E-state index contributed by atoms with van der Waals surface area (Å²) in [4.78, 5) is 8.36.